The second-order valence-corrected chi connectivity index (χ2v) is 8.43. The van der Waals surface area contributed by atoms with Gasteiger partial charge in [0, 0.05) is 12.1 Å². The molecule has 4 atom stereocenters. The topological polar surface area (TPSA) is 111 Å². The molecule has 0 bridgehead atoms. The fourth-order valence-electron chi connectivity index (χ4n) is 5.07. The average molecular weight is 457 g/mol. The van der Waals surface area contributed by atoms with Gasteiger partial charge in [-0.1, -0.05) is 18.2 Å². The smallest absolute Gasteiger partial charge is 0.270 e. The predicted octanol–water partition coefficient (Wildman–Crippen LogP) is -2.94. The quantitative estimate of drug-likeness (QED) is 0.289. The number of nitrogens with two attached hydrogens (primary N) is 2. The first-order valence-electron chi connectivity index (χ1n) is 10.3. The maximum Gasteiger partial charge on any atom is 0.270 e. The highest BCUT2D eigenvalue weighted by Crippen LogP contribution is 2.49. The van der Waals surface area contributed by atoms with E-state index in [1.54, 1.807) is 0 Å². The summed E-state index contributed by atoms with van der Waals surface area (Å²) < 4.78 is 10.8. The van der Waals surface area contributed by atoms with Gasteiger partial charge in [0.1, 0.15) is 0 Å². The Labute approximate surface area is 192 Å². The molecule has 0 radical (unpaired) electrons. The summed E-state index contributed by atoms with van der Waals surface area (Å²) in [5.74, 6) is 0.509. The highest BCUT2D eigenvalue weighted by atomic mass is 35.5. The highest BCUT2D eigenvalue weighted by Gasteiger charge is 2.59. The molecule has 168 valence electrons. The van der Waals surface area contributed by atoms with E-state index in [1.807, 2.05) is 56.4 Å². The van der Waals surface area contributed by atoms with Crippen LogP contribution in [-0.4, -0.2) is 47.3 Å². The van der Waals surface area contributed by atoms with Crippen molar-refractivity contribution in [2.75, 3.05) is 13.8 Å². The molecule has 32 heavy (non-hydrogen) atoms. The summed E-state index contributed by atoms with van der Waals surface area (Å²) in [6.07, 6.45) is 0. The molecule has 5 rings (SSSR count). The van der Waals surface area contributed by atoms with Crippen molar-refractivity contribution in [3.63, 3.8) is 0 Å². The average Bonchev–Trinajstić information content (AvgIpc) is 3.39. The summed E-state index contributed by atoms with van der Waals surface area (Å²) in [7, 11) is 1.97. The number of amidine groups is 1. The number of benzene rings is 2. The molecule has 2 aromatic rings. The SMILES string of the molecule is C[C@H]1[C@@H]2C(=O)N(Cc3ccc4c(c3)OCO4)C(=O)[C@@H]2[C@H](c2ccc(C(N)=[NH2+])cc2)N1C.[Cl-]. The lowest BCUT2D eigenvalue weighted by molar-refractivity contribution is -0.142. The molecule has 2 amide bonds. The van der Waals surface area contributed by atoms with Crippen molar-refractivity contribution >= 4 is 17.6 Å². The van der Waals surface area contributed by atoms with E-state index >= 15 is 0 Å². The first-order valence-corrected chi connectivity index (χ1v) is 10.3. The number of fused-ring (bicyclic) bond motifs is 2. The van der Waals surface area contributed by atoms with Crippen LogP contribution in [0.1, 0.15) is 29.7 Å². The van der Waals surface area contributed by atoms with Gasteiger partial charge < -0.3 is 21.9 Å². The van der Waals surface area contributed by atoms with Crippen molar-refractivity contribution in [2.45, 2.75) is 25.6 Å². The molecule has 2 aromatic carbocycles. The second kappa shape index (κ2) is 8.11. The summed E-state index contributed by atoms with van der Waals surface area (Å²) in [4.78, 5) is 30.3. The molecule has 0 aliphatic carbocycles. The molecule has 2 fully saturated rings. The molecule has 0 aromatic heterocycles. The summed E-state index contributed by atoms with van der Waals surface area (Å²) >= 11 is 0. The van der Waals surface area contributed by atoms with E-state index < -0.39 is 5.92 Å². The number of rotatable bonds is 4. The molecule has 8 nitrogen and oxygen atoms in total. The van der Waals surface area contributed by atoms with Crippen molar-refractivity contribution in [1.29, 1.82) is 0 Å². The third-order valence-electron chi connectivity index (χ3n) is 6.79. The van der Waals surface area contributed by atoms with E-state index in [0.717, 1.165) is 16.7 Å². The van der Waals surface area contributed by atoms with Crippen LogP contribution in [0.25, 0.3) is 0 Å². The molecule has 0 spiro atoms. The fraction of sp³-hybridized carbons (Fsp3) is 0.348. The van der Waals surface area contributed by atoms with Crippen LogP contribution in [0.5, 0.6) is 11.5 Å². The zero-order valence-corrected chi connectivity index (χ0v) is 18.6. The molecule has 2 saturated heterocycles. The first kappa shape index (κ1) is 22.1. The minimum Gasteiger partial charge on any atom is -1.00 e. The second-order valence-electron chi connectivity index (χ2n) is 8.43. The summed E-state index contributed by atoms with van der Waals surface area (Å²) in [6, 6.07) is 12.8. The largest absolute Gasteiger partial charge is 1.00 e. The summed E-state index contributed by atoms with van der Waals surface area (Å²) in [6.45, 7) is 2.41. The molecule has 3 aliphatic rings. The highest BCUT2D eigenvalue weighted by molar-refractivity contribution is 6.06. The Bertz CT molecular complexity index is 1090. The van der Waals surface area contributed by atoms with Crippen molar-refractivity contribution in [2.24, 2.45) is 17.6 Å². The van der Waals surface area contributed by atoms with Gasteiger partial charge >= 0.3 is 0 Å². The first-order chi connectivity index (χ1) is 14.9. The zero-order valence-electron chi connectivity index (χ0n) is 17.8. The van der Waals surface area contributed by atoms with Crippen LogP contribution in [0.3, 0.4) is 0 Å². The van der Waals surface area contributed by atoms with Crippen LogP contribution in [0.15, 0.2) is 42.5 Å². The van der Waals surface area contributed by atoms with Gasteiger partial charge in [-0.25, -0.2) is 0 Å². The normalized spacial score (nSPS) is 26.2. The molecular weight excluding hydrogens is 432 g/mol. The Morgan fingerprint density at radius 1 is 1.06 bits per heavy atom. The Kier molecular flexibility index (Phi) is 5.60. The fourth-order valence-corrected chi connectivity index (χ4v) is 5.07. The van der Waals surface area contributed by atoms with Gasteiger partial charge in [-0.2, -0.15) is 0 Å². The number of carbonyl (C=O) groups is 2. The van der Waals surface area contributed by atoms with Crippen LogP contribution in [-0.2, 0) is 16.1 Å². The van der Waals surface area contributed by atoms with Gasteiger partial charge in [-0.15, -0.1) is 0 Å². The van der Waals surface area contributed by atoms with Gasteiger partial charge in [-0.05, 0) is 49.4 Å². The van der Waals surface area contributed by atoms with Crippen LogP contribution >= 0.6 is 0 Å². The van der Waals surface area contributed by atoms with Crippen molar-refractivity contribution in [1.82, 2.24) is 9.80 Å². The van der Waals surface area contributed by atoms with Gasteiger partial charge in [0.25, 0.3) is 5.84 Å². The Morgan fingerprint density at radius 2 is 1.72 bits per heavy atom. The number of ether oxygens (including phenoxy) is 2. The molecule has 3 aliphatic heterocycles. The summed E-state index contributed by atoms with van der Waals surface area (Å²) in [5, 5.41) is 5.68. The number of halogens is 1. The molecule has 0 saturated carbocycles. The van der Waals surface area contributed by atoms with Crippen molar-refractivity contribution < 1.29 is 36.9 Å². The number of nitrogens with zero attached hydrogens (tertiary/aromatic N) is 2. The van der Waals surface area contributed by atoms with Crippen molar-refractivity contribution in [3.8, 4) is 11.5 Å². The molecule has 4 N–H and O–H groups in total. The number of carbonyl (C=O) groups excluding carboxylic acids is 2. The molecule has 3 heterocycles. The zero-order chi connectivity index (χ0) is 21.9. The third kappa shape index (κ3) is 3.30. The van der Waals surface area contributed by atoms with Gasteiger partial charge in [0.15, 0.2) is 11.5 Å². The van der Waals surface area contributed by atoms with Crippen LogP contribution < -0.4 is 33.0 Å². The van der Waals surface area contributed by atoms with Crippen molar-refractivity contribution in [3.05, 3.63) is 59.2 Å². The third-order valence-corrected chi connectivity index (χ3v) is 6.79. The maximum absolute atomic E-state index is 13.5. The number of hydrogen-bond donors (Lipinski definition) is 2. The minimum atomic E-state index is -0.424. The number of imide groups is 1. The van der Waals surface area contributed by atoms with Gasteiger partial charge in [-0.3, -0.25) is 30.5 Å². The Morgan fingerprint density at radius 3 is 2.41 bits per heavy atom. The van der Waals surface area contributed by atoms with E-state index in [4.69, 9.17) is 20.6 Å². The van der Waals surface area contributed by atoms with Crippen LogP contribution in [0, 0.1) is 11.8 Å². The maximum atomic E-state index is 13.5. The van der Waals surface area contributed by atoms with E-state index in [-0.39, 0.29) is 61.4 Å². The lowest BCUT2D eigenvalue weighted by Crippen LogP contribution is -3.00. The van der Waals surface area contributed by atoms with E-state index in [2.05, 4.69) is 4.90 Å². The van der Waals surface area contributed by atoms with E-state index in [9.17, 15) is 9.59 Å². The Balaban J connectivity index is 0.00000245. The monoisotopic (exact) mass is 456 g/mol. The molecule has 9 heteroatoms. The van der Waals surface area contributed by atoms with Crippen LogP contribution in [0.4, 0.5) is 0 Å². The lowest BCUT2D eigenvalue weighted by atomic mass is 9.86. The number of amides is 2. The van der Waals surface area contributed by atoms with Gasteiger partial charge in [0.05, 0.1) is 23.9 Å². The minimum absolute atomic E-state index is 0. The summed E-state index contributed by atoms with van der Waals surface area (Å²) in [5.41, 5.74) is 8.23. The number of likely N-dealkylation sites (tertiary alicyclic amines) is 2. The Hall–Kier alpha value is -3.10. The van der Waals surface area contributed by atoms with E-state index in [1.165, 1.54) is 4.90 Å². The number of hydrogen-bond acceptors (Lipinski definition) is 5. The standard InChI is InChI=1S/C23H24N4O4.ClH/c1-12-18-19(20(26(12)2)14-4-6-15(7-5-14)21(24)25)23(29)27(22(18)28)10-13-3-8-16-17(9-13)31-11-30-16;/h3-9,12,18-20H,10-11H2,1-2H3,(H3,24,25);1H/t12-,18-,19-,20-;/m0./s1. The van der Waals surface area contributed by atoms with Gasteiger partial charge in [0.2, 0.25) is 18.6 Å². The lowest BCUT2D eigenvalue weighted by Gasteiger charge is -2.28. The van der Waals surface area contributed by atoms with Crippen LogP contribution in [0.2, 0.25) is 0 Å². The molecule has 0 unspecified atom stereocenters. The van der Waals surface area contributed by atoms with E-state index in [0.29, 0.717) is 11.5 Å². The molecular formula is C23H25ClN4O4. The predicted molar refractivity (Wildman–Crippen MR) is 112 cm³/mol.